The van der Waals surface area contributed by atoms with Gasteiger partial charge in [0.1, 0.15) is 11.6 Å². The Morgan fingerprint density at radius 1 is 1.09 bits per heavy atom. The maximum atomic E-state index is 13.3. The summed E-state index contributed by atoms with van der Waals surface area (Å²) in [5, 5.41) is 23.1. The van der Waals surface area contributed by atoms with Crippen LogP contribution in [0.4, 0.5) is 32.2 Å². The quantitative estimate of drug-likeness (QED) is 0.157. The number of methoxy groups -OCH3 is 1. The van der Waals surface area contributed by atoms with E-state index in [-0.39, 0.29) is 24.2 Å². The summed E-state index contributed by atoms with van der Waals surface area (Å²) in [5.74, 6) is -2.35. The van der Waals surface area contributed by atoms with Gasteiger partial charge in [0, 0.05) is 23.5 Å². The zero-order valence-corrected chi connectivity index (χ0v) is 24.0. The molecule has 3 N–H and O–H groups in total. The Balaban J connectivity index is 0.000000646. The minimum Gasteiger partial charge on any atom is -0.505 e. The number of aliphatic hydroxyl groups is 1. The van der Waals surface area contributed by atoms with Crippen molar-refractivity contribution in [2.45, 2.75) is 63.2 Å². The summed E-state index contributed by atoms with van der Waals surface area (Å²) in [6, 6.07) is 7.37. The normalized spacial score (nSPS) is 13.7. The first kappa shape index (κ1) is 33.7. The number of hydrogen-bond donors (Lipinski definition) is 3. The third kappa shape index (κ3) is 10.2. The van der Waals surface area contributed by atoms with Gasteiger partial charge in [0.05, 0.1) is 29.8 Å². The van der Waals surface area contributed by atoms with Gasteiger partial charge in [0.15, 0.2) is 5.76 Å². The molecule has 3 aromatic rings. The van der Waals surface area contributed by atoms with E-state index in [1.807, 2.05) is 5.38 Å². The van der Waals surface area contributed by atoms with Crippen molar-refractivity contribution in [3.05, 3.63) is 81.1 Å². The second kappa shape index (κ2) is 14.6. The molecule has 2 aromatic heterocycles. The number of aliphatic carboxylic acids is 1. The molecule has 1 unspecified atom stereocenters. The maximum absolute atomic E-state index is 13.3. The highest BCUT2D eigenvalue weighted by atomic mass is 32.1. The molecular formula is C29H31F6N3O4S. The van der Waals surface area contributed by atoms with E-state index < -0.39 is 35.6 Å². The average molecular weight is 632 g/mol. The number of nitrogens with one attached hydrogen (secondary N) is 1. The van der Waals surface area contributed by atoms with Crippen molar-refractivity contribution in [2.24, 2.45) is 0 Å². The molecule has 0 saturated heterocycles. The standard InChI is InChI=1S/C26H28F3N3O3S.C3H3F3O/c1-35-22-10-8-18(26(27,28)29)14-21(22)17(13-24(33)34)12-20-15-36-23(31-20)6-2-5-19-9-7-16-4-3-11-30-25(16)32-19;1-2(7)3(4,5)6/h7-10,14-15,17H,2-6,11-13H2,1H3,(H,30,32)(H,33,34);7H,1H2. The number of aromatic nitrogens is 2. The second-order valence-electron chi connectivity index (χ2n) is 9.82. The Labute approximate surface area is 248 Å². The smallest absolute Gasteiger partial charge is 0.448 e. The van der Waals surface area contributed by atoms with Crippen LogP contribution in [-0.2, 0) is 36.7 Å². The first-order valence-corrected chi connectivity index (χ1v) is 14.1. The lowest BCUT2D eigenvalue weighted by Gasteiger charge is -2.19. The van der Waals surface area contributed by atoms with Gasteiger partial charge in [-0.1, -0.05) is 12.6 Å². The third-order valence-electron chi connectivity index (χ3n) is 6.58. The summed E-state index contributed by atoms with van der Waals surface area (Å²) >= 11 is 1.48. The highest BCUT2D eigenvalue weighted by molar-refractivity contribution is 7.09. The van der Waals surface area contributed by atoms with Crippen molar-refractivity contribution in [3.63, 3.8) is 0 Å². The van der Waals surface area contributed by atoms with E-state index in [9.17, 15) is 36.2 Å². The van der Waals surface area contributed by atoms with Crippen LogP contribution in [0, 0.1) is 0 Å². The summed E-state index contributed by atoms with van der Waals surface area (Å²) in [5.41, 5.74) is 2.33. The number of hydrogen-bond acceptors (Lipinski definition) is 7. The van der Waals surface area contributed by atoms with Crippen LogP contribution < -0.4 is 10.1 Å². The van der Waals surface area contributed by atoms with Crippen molar-refractivity contribution < 1.29 is 46.1 Å². The van der Waals surface area contributed by atoms with Crippen LogP contribution in [-0.4, -0.2) is 46.0 Å². The van der Waals surface area contributed by atoms with Crippen molar-refractivity contribution in [1.29, 1.82) is 0 Å². The number of pyridine rings is 1. The molecule has 1 aliphatic rings. The average Bonchev–Trinajstić information content (AvgIpc) is 3.38. The molecule has 0 radical (unpaired) electrons. The van der Waals surface area contributed by atoms with E-state index >= 15 is 0 Å². The van der Waals surface area contributed by atoms with Gasteiger partial charge in [-0.3, -0.25) is 4.79 Å². The lowest BCUT2D eigenvalue weighted by Crippen LogP contribution is -2.14. The van der Waals surface area contributed by atoms with Gasteiger partial charge in [-0.2, -0.15) is 26.3 Å². The van der Waals surface area contributed by atoms with Crippen LogP contribution in [0.15, 0.2) is 48.0 Å². The molecule has 0 aliphatic carbocycles. The summed E-state index contributed by atoms with van der Waals surface area (Å²) in [6.45, 7) is 3.20. The van der Waals surface area contributed by atoms with Crippen molar-refractivity contribution in [3.8, 4) is 5.75 Å². The van der Waals surface area contributed by atoms with E-state index in [1.54, 1.807) is 0 Å². The SMILES string of the molecule is C=C(O)C(F)(F)F.COc1ccc(C(F)(F)F)cc1C(CC(=O)O)Cc1csc(CCCc2ccc3c(n2)NCCC3)n1. The van der Waals surface area contributed by atoms with Crippen LogP contribution >= 0.6 is 11.3 Å². The van der Waals surface area contributed by atoms with Gasteiger partial charge >= 0.3 is 18.3 Å². The van der Waals surface area contributed by atoms with Gasteiger partial charge in [0.2, 0.25) is 0 Å². The fourth-order valence-corrected chi connectivity index (χ4v) is 5.32. The number of alkyl halides is 6. The number of carbonyl (C=O) groups is 1. The molecule has 14 heteroatoms. The molecule has 3 heterocycles. The van der Waals surface area contributed by atoms with Crippen molar-refractivity contribution >= 4 is 23.1 Å². The molecule has 0 saturated carbocycles. The Hall–Kier alpha value is -3.81. The van der Waals surface area contributed by atoms with Crippen molar-refractivity contribution in [2.75, 3.05) is 19.0 Å². The third-order valence-corrected chi connectivity index (χ3v) is 7.53. The lowest BCUT2D eigenvalue weighted by molar-refractivity contribution is -0.138. The fraction of sp³-hybridized carbons (Fsp3) is 0.414. The number of aryl methyl sites for hydroxylation is 3. The number of allylic oxidation sites excluding steroid dienone is 1. The second-order valence-corrected chi connectivity index (χ2v) is 10.8. The maximum Gasteiger partial charge on any atom is 0.448 e. The summed E-state index contributed by atoms with van der Waals surface area (Å²) in [4.78, 5) is 20.9. The van der Waals surface area contributed by atoms with Gasteiger partial charge in [-0.05, 0) is 73.9 Å². The zero-order valence-electron chi connectivity index (χ0n) is 23.2. The highest BCUT2D eigenvalue weighted by Crippen LogP contribution is 2.38. The molecule has 1 aromatic carbocycles. The molecule has 0 spiro atoms. The molecule has 0 bridgehead atoms. The van der Waals surface area contributed by atoms with Crippen LogP contribution in [0.1, 0.15) is 58.3 Å². The molecule has 1 atom stereocenters. The minimum atomic E-state index is -4.64. The fourth-order valence-electron chi connectivity index (χ4n) is 4.47. The van der Waals surface area contributed by atoms with E-state index in [4.69, 9.17) is 14.8 Å². The number of fused-ring (bicyclic) bond motifs is 1. The van der Waals surface area contributed by atoms with Crippen LogP contribution in [0.3, 0.4) is 0 Å². The molecular weight excluding hydrogens is 600 g/mol. The summed E-state index contributed by atoms with van der Waals surface area (Å²) in [6.07, 6.45) is -4.72. The summed E-state index contributed by atoms with van der Waals surface area (Å²) in [7, 11) is 1.36. The predicted octanol–water partition coefficient (Wildman–Crippen LogP) is 7.52. The number of aliphatic hydroxyl groups excluding tert-OH is 1. The number of carboxylic acid groups (broad SMARTS) is 1. The molecule has 1 aliphatic heterocycles. The lowest BCUT2D eigenvalue weighted by atomic mass is 9.89. The number of ether oxygens (including phenoxy) is 1. The number of thiazole rings is 1. The molecule has 234 valence electrons. The molecule has 4 rings (SSSR count). The van der Waals surface area contributed by atoms with Crippen LogP contribution in [0.25, 0.3) is 0 Å². The topological polar surface area (TPSA) is 105 Å². The van der Waals surface area contributed by atoms with E-state index in [0.717, 1.165) is 67.3 Å². The Morgan fingerprint density at radius 2 is 1.81 bits per heavy atom. The summed E-state index contributed by atoms with van der Waals surface area (Å²) < 4.78 is 77.7. The highest BCUT2D eigenvalue weighted by Gasteiger charge is 2.33. The first-order valence-electron chi connectivity index (χ1n) is 13.2. The van der Waals surface area contributed by atoms with E-state index in [0.29, 0.717) is 5.69 Å². The Bertz CT molecular complexity index is 1410. The predicted molar refractivity (Wildman–Crippen MR) is 150 cm³/mol. The Kier molecular flexibility index (Phi) is 11.4. The van der Waals surface area contributed by atoms with Crippen LogP contribution in [0.2, 0.25) is 0 Å². The Morgan fingerprint density at radius 3 is 2.44 bits per heavy atom. The first-order chi connectivity index (χ1) is 20.2. The number of rotatable bonds is 10. The molecule has 7 nitrogen and oxygen atoms in total. The minimum absolute atomic E-state index is 0.207. The number of halogens is 6. The van der Waals surface area contributed by atoms with Gasteiger partial charge in [0.25, 0.3) is 0 Å². The van der Waals surface area contributed by atoms with Gasteiger partial charge in [-0.15, -0.1) is 11.3 Å². The molecule has 0 fully saturated rings. The van der Waals surface area contributed by atoms with E-state index in [2.05, 4.69) is 29.0 Å². The monoisotopic (exact) mass is 631 g/mol. The molecule has 0 amide bonds. The van der Waals surface area contributed by atoms with Gasteiger partial charge < -0.3 is 20.3 Å². The number of carboxylic acids is 1. The van der Waals surface area contributed by atoms with Gasteiger partial charge in [-0.25, -0.2) is 9.97 Å². The number of nitrogens with zero attached hydrogens (tertiary/aromatic N) is 2. The molecule has 43 heavy (non-hydrogen) atoms. The van der Waals surface area contributed by atoms with E-state index in [1.165, 1.54) is 30.1 Å². The largest absolute Gasteiger partial charge is 0.505 e. The number of benzene rings is 1. The van der Waals surface area contributed by atoms with Crippen LogP contribution in [0.5, 0.6) is 5.75 Å². The number of anilines is 1. The zero-order chi connectivity index (χ0) is 31.8. The van der Waals surface area contributed by atoms with Crippen molar-refractivity contribution in [1.82, 2.24) is 9.97 Å².